The van der Waals surface area contributed by atoms with E-state index in [1.54, 1.807) is 30.6 Å². The Morgan fingerprint density at radius 1 is 1.21 bits per heavy atom. The molecule has 4 aromatic rings. The number of imidazole rings is 2. The maximum Gasteiger partial charge on any atom is 0.394 e. The molecule has 0 atom stereocenters. The van der Waals surface area contributed by atoms with Crippen molar-refractivity contribution in [2.75, 3.05) is 7.11 Å². The molecular weight excluding hydrogens is 427 g/mol. The van der Waals surface area contributed by atoms with E-state index in [-0.39, 0.29) is 22.1 Å². The molecule has 4 heterocycles. The first-order chi connectivity index (χ1) is 13.8. The van der Waals surface area contributed by atoms with Crippen LogP contribution in [0.5, 0.6) is 5.88 Å². The fraction of sp³-hybridized carbons (Fsp3) is 0.167. The second-order valence-corrected chi connectivity index (χ2v) is 7.46. The van der Waals surface area contributed by atoms with Gasteiger partial charge in [-0.2, -0.15) is 13.2 Å². The van der Waals surface area contributed by atoms with Gasteiger partial charge in [0.2, 0.25) is 5.88 Å². The number of fused-ring (bicyclic) bond motifs is 1. The summed E-state index contributed by atoms with van der Waals surface area (Å²) in [6.07, 6.45) is -0.876. The molecule has 0 fully saturated rings. The van der Waals surface area contributed by atoms with E-state index in [9.17, 15) is 13.2 Å². The average molecular weight is 440 g/mol. The first-order valence-corrected chi connectivity index (χ1v) is 9.49. The van der Waals surface area contributed by atoms with Gasteiger partial charge in [-0.3, -0.25) is 4.40 Å². The number of ether oxygens (including phenoxy) is 1. The molecule has 6 nitrogen and oxygen atoms in total. The van der Waals surface area contributed by atoms with Gasteiger partial charge in [0.15, 0.2) is 10.8 Å². The number of H-pyrrole nitrogens is 1. The summed E-state index contributed by atoms with van der Waals surface area (Å²) in [5, 5.41) is 0.766. The molecule has 11 heteroatoms. The minimum Gasteiger partial charge on any atom is -0.481 e. The number of aromatic amines is 1. The number of rotatable bonds is 5. The molecule has 0 saturated carbocycles. The van der Waals surface area contributed by atoms with Gasteiger partial charge < -0.3 is 9.72 Å². The Kier molecular flexibility index (Phi) is 5.13. The minimum atomic E-state index is -4.41. The van der Waals surface area contributed by atoms with Crippen LogP contribution in [0.15, 0.2) is 52.9 Å². The zero-order valence-electron chi connectivity index (χ0n) is 14.9. The van der Waals surface area contributed by atoms with Crippen LogP contribution < -0.4 is 4.74 Å². The van der Waals surface area contributed by atoms with Crippen LogP contribution >= 0.6 is 23.4 Å². The Balaban J connectivity index is 1.72. The summed E-state index contributed by atoms with van der Waals surface area (Å²) in [5.74, 6) is 0.480. The number of methoxy groups -OCH3 is 1. The van der Waals surface area contributed by atoms with Gasteiger partial charge in [0, 0.05) is 23.4 Å². The smallest absolute Gasteiger partial charge is 0.394 e. The maximum absolute atomic E-state index is 13.1. The van der Waals surface area contributed by atoms with Crippen LogP contribution in [0, 0.1) is 0 Å². The topological polar surface area (TPSA) is 68.1 Å². The number of hydrogen-bond donors (Lipinski definition) is 1. The molecule has 1 N–H and O–H groups in total. The van der Waals surface area contributed by atoms with Gasteiger partial charge in [-0.05, 0) is 18.2 Å². The number of alkyl halides is 3. The average Bonchev–Trinajstić information content (AvgIpc) is 3.26. The van der Waals surface area contributed by atoms with Gasteiger partial charge in [0.05, 0.1) is 41.8 Å². The molecule has 150 valence electrons. The fourth-order valence-corrected chi connectivity index (χ4v) is 3.75. The molecule has 0 radical (unpaired) electrons. The van der Waals surface area contributed by atoms with Gasteiger partial charge in [-0.1, -0.05) is 23.4 Å². The molecule has 0 unspecified atom stereocenters. The maximum atomic E-state index is 13.1. The number of nitrogens with one attached hydrogen (secondary N) is 1. The van der Waals surface area contributed by atoms with E-state index in [1.165, 1.54) is 29.5 Å². The normalized spacial score (nSPS) is 11.9. The standard InChI is InChI=1S/C18H13ClF3N5OS/c1-28-14-5-4-10(8-23-14)29-17-24-9-13(26-17)15-12(7-18(20,21)22)25-16-11(19)3-2-6-27(15)16/h2-6,8-9H,7H2,1H3,(H,24,26). The summed E-state index contributed by atoms with van der Waals surface area (Å²) in [7, 11) is 1.52. The SMILES string of the molecule is COc1ccc(Sc2ncc(-c3c(CC(F)(F)F)nc4c(Cl)cccn34)[nH]2)cn1. The third kappa shape index (κ3) is 4.18. The Morgan fingerprint density at radius 3 is 2.72 bits per heavy atom. The predicted molar refractivity (Wildman–Crippen MR) is 102 cm³/mol. The quantitative estimate of drug-likeness (QED) is 0.472. The van der Waals surface area contributed by atoms with Crippen LogP contribution in [0.3, 0.4) is 0 Å². The van der Waals surface area contributed by atoms with Crippen LogP contribution in [0.25, 0.3) is 17.0 Å². The first kappa shape index (κ1) is 19.6. The van der Waals surface area contributed by atoms with Crippen molar-refractivity contribution >= 4 is 29.0 Å². The van der Waals surface area contributed by atoms with Crippen molar-refractivity contribution in [3.8, 4) is 17.3 Å². The zero-order chi connectivity index (χ0) is 20.6. The predicted octanol–water partition coefficient (Wildman–Crippen LogP) is 5.04. The highest BCUT2D eigenvalue weighted by Crippen LogP contribution is 2.33. The third-order valence-corrected chi connectivity index (χ3v) is 5.16. The van der Waals surface area contributed by atoms with Gasteiger partial charge in [0.25, 0.3) is 0 Å². The molecule has 0 spiro atoms. The van der Waals surface area contributed by atoms with Crippen molar-refractivity contribution in [2.24, 2.45) is 0 Å². The highest BCUT2D eigenvalue weighted by Gasteiger charge is 2.32. The largest absolute Gasteiger partial charge is 0.481 e. The van der Waals surface area contributed by atoms with Crippen molar-refractivity contribution in [2.45, 2.75) is 22.6 Å². The lowest BCUT2D eigenvalue weighted by molar-refractivity contribution is -0.127. The fourth-order valence-electron chi connectivity index (χ4n) is 2.81. The first-order valence-electron chi connectivity index (χ1n) is 8.29. The summed E-state index contributed by atoms with van der Waals surface area (Å²) in [4.78, 5) is 16.4. The van der Waals surface area contributed by atoms with E-state index in [0.717, 1.165) is 4.90 Å². The molecule has 0 aliphatic rings. The van der Waals surface area contributed by atoms with E-state index >= 15 is 0 Å². The second-order valence-electron chi connectivity index (χ2n) is 5.99. The van der Waals surface area contributed by atoms with Crippen molar-refractivity contribution in [1.82, 2.24) is 24.3 Å². The van der Waals surface area contributed by atoms with E-state index in [0.29, 0.717) is 16.7 Å². The van der Waals surface area contributed by atoms with E-state index in [1.807, 2.05) is 6.07 Å². The monoisotopic (exact) mass is 439 g/mol. The minimum absolute atomic E-state index is 0.128. The summed E-state index contributed by atoms with van der Waals surface area (Å²) < 4.78 is 45.8. The molecule has 0 aliphatic heterocycles. The summed E-state index contributed by atoms with van der Waals surface area (Å²) in [6, 6.07) is 6.74. The highest BCUT2D eigenvalue weighted by molar-refractivity contribution is 7.99. The Morgan fingerprint density at radius 2 is 2.03 bits per heavy atom. The summed E-state index contributed by atoms with van der Waals surface area (Å²) in [5.41, 5.74) is 0.804. The Hall–Kier alpha value is -2.72. The molecule has 0 amide bonds. The Labute approximate surface area is 172 Å². The Bertz CT molecular complexity index is 1160. The molecular formula is C18H13ClF3N5OS. The van der Waals surface area contributed by atoms with Crippen LogP contribution in [0.1, 0.15) is 5.69 Å². The highest BCUT2D eigenvalue weighted by atomic mass is 35.5. The van der Waals surface area contributed by atoms with Gasteiger partial charge in [-0.15, -0.1) is 0 Å². The lowest BCUT2D eigenvalue weighted by atomic mass is 10.2. The van der Waals surface area contributed by atoms with Crippen molar-refractivity contribution in [3.63, 3.8) is 0 Å². The van der Waals surface area contributed by atoms with Crippen LogP contribution in [0.4, 0.5) is 13.2 Å². The summed E-state index contributed by atoms with van der Waals surface area (Å²) in [6.45, 7) is 0. The zero-order valence-corrected chi connectivity index (χ0v) is 16.4. The van der Waals surface area contributed by atoms with E-state index < -0.39 is 12.6 Å². The molecule has 0 aliphatic carbocycles. The molecule has 4 rings (SSSR count). The van der Waals surface area contributed by atoms with Crippen LogP contribution in [-0.2, 0) is 6.42 Å². The second kappa shape index (κ2) is 7.60. The van der Waals surface area contributed by atoms with E-state index in [2.05, 4.69) is 19.9 Å². The number of hydrogen-bond acceptors (Lipinski definition) is 5. The number of halogens is 4. The molecule has 29 heavy (non-hydrogen) atoms. The summed E-state index contributed by atoms with van der Waals surface area (Å²) >= 11 is 7.42. The van der Waals surface area contributed by atoms with Crippen LogP contribution in [0.2, 0.25) is 5.02 Å². The number of aromatic nitrogens is 5. The number of nitrogens with zero attached hydrogens (tertiary/aromatic N) is 4. The van der Waals surface area contributed by atoms with Crippen molar-refractivity contribution in [1.29, 1.82) is 0 Å². The van der Waals surface area contributed by atoms with Crippen molar-refractivity contribution < 1.29 is 17.9 Å². The van der Waals surface area contributed by atoms with Gasteiger partial charge in [0.1, 0.15) is 0 Å². The van der Waals surface area contributed by atoms with Crippen molar-refractivity contribution in [3.05, 3.63) is 53.6 Å². The third-order valence-electron chi connectivity index (χ3n) is 3.98. The molecule has 0 aromatic carbocycles. The van der Waals surface area contributed by atoms with Crippen LogP contribution in [-0.4, -0.2) is 37.6 Å². The van der Waals surface area contributed by atoms with Gasteiger partial charge >= 0.3 is 6.18 Å². The van der Waals surface area contributed by atoms with E-state index in [4.69, 9.17) is 16.3 Å². The lowest BCUT2D eigenvalue weighted by Crippen LogP contribution is -2.12. The molecule has 0 saturated heterocycles. The molecule has 0 bridgehead atoms. The lowest BCUT2D eigenvalue weighted by Gasteiger charge is -2.06. The molecule has 4 aromatic heterocycles. The number of pyridine rings is 2. The van der Waals surface area contributed by atoms with Gasteiger partial charge in [-0.25, -0.2) is 15.0 Å².